The zero-order chi connectivity index (χ0) is 11.2. The first-order chi connectivity index (χ1) is 6.31. The van der Waals surface area contributed by atoms with Crippen LogP contribution in [0.25, 0.3) is 0 Å². The van der Waals surface area contributed by atoms with Gasteiger partial charge >= 0.3 is 0 Å². The summed E-state index contributed by atoms with van der Waals surface area (Å²) in [5, 5.41) is 3.12. The molecule has 0 heterocycles. The highest BCUT2D eigenvalue weighted by molar-refractivity contribution is 6.69. The fraction of sp³-hybridized carbons (Fsp3) is 0.700. The lowest BCUT2D eigenvalue weighted by Crippen LogP contribution is -2.30. The third-order valence-electron chi connectivity index (χ3n) is 1.46. The third kappa shape index (κ3) is 9.47. The number of carbonyl (C=O) groups excluding carboxylic acids is 1. The van der Waals surface area contributed by atoms with E-state index >= 15 is 0 Å². The van der Waals surface area contributed by atoms with Crippen LogP contribution in [0.5, 0.6) is 0 Å². The molecule has 0 bridgehead atoms. The van der Waals surface area contributed by atoms with Crippen LogP contribution in [0.1, 0.15) is 13.8 Å². The summed E-state index contributed by atoms with van der Waals surface area (Å²) in [5.74, 6) is 0.0705. The van der Waals surface area contributed by atoms with Crippen molar-refractivity contribution < 1.29 is 9.22 Å². The average Bonchev–Trinajstić information content (AvgIpc) is 1.95. The Morgan fingerprint density at radius 1 is 1.36 bits per heavy atom. The molecule has 0 rings (SSSR count). The van der Waals surface area contributed by atoms with Crippen molar-refractivity contribution in [2.75, 3.05) is 13.2 Å². The molecule has 0 aliphatic carbocycles. The molecular formula is C10H21NO2Si. The summed E-state index contributed by atoms with van der Waals surface area (Å²) >= 11 is 0. The molecule has 0 amide bonds. The monoisotopic (exact) mass is 215 g/mol. The van der Waals surface area contributed by atoms with Crippen LogP contribution in [0.4, 0.5) is 0 Å². The smallest absolute Gasteiger partial charge is 0.183 e. The van der Waals surface area contributed by atoms with E-state index < -0.39 is 8.32 Å². The van der Waals surface area contributed by atoms with Gasteiger partial charge in [-0.15, -0.1) is 0 Å². The normalized spacial score (nSPS) is 12.8. The molecular weight excluding hydrogens is 194 g/mol. The Hall–Kier alpha value is -0.613. The summed E-state index contributed by atoms with van der Waals surface area (Å²) in [6.07, 6.45) is 1.59. The molecule has 14 heavy (non-hydrogen) atoms. The van der Waals surface area contributed by atoms with Crippen LogP contribution >= 0.6 is 0 Å². The van der Waals surface area contributed by atoms with Crippen molar-refractivity contribution in [1.82, 2.24) is 5.32 Å². The minimum Gasteiger partial charge on any atom is -0.416 e. The largest absolute Gasteiger partial charge is 0.416 e. The van der Waals surface area contributed by atoms with Crippen LogP contribution < -0.4 is 5.32 Å². The van der Waals surface area contributed by atoms with E-state index in [1.165, 1.54) is 0 Å². The number of allylic oxidation sites excluding steroid dienone is 2. The van der Waals surface area contributed by atoms with Gasteiger partial charge in [0.2, 0.25) is 0 Å². The first kappa shape index (κ1) is 13.4. The Bertz CT molecular complexity index is 219. The SMILES string of the molecule is CC(=O)/C=C(\C)NCCO[Si](C)(C)C. The lowest BCUT2D eigenvalue weighted by molar-refractivity contribution is -0.112. The van der Waals surface area contributed by atoms with Crippen molar-refractivity contribution >= 4 is 14.1 Å². The van der Waals surface area contributed by atoms with E-state index in [1.807, 2.05) is 6.92 Å². The van der Waals surface area contributed by atoms with Crippen molar-refractivity contribution in [3.8, 4) is 0 Å². The molecule has 0 aromatic carbocycles. The summed E-state index contributed by atoms with van der Waals surface area (Å²) < 4.78 is 5.65. The maximum absolute atomic E-state index is 10.7. The lowest BCUT2D eigenvalue weighted by Gasteiger charge is -2.17. The van der Waals surface area contributed by atoms with E-state index in [-0.39, 0.29) is 5.78 Å². The van der Waals surface area contributed by atoms with Crippen LogP contribution in [0.15, 0.2) is 11.8 Å². The Labute approximate surface area is 87.7 Å². The first-order valence-corrected chi connectivity index (χ1v) is 8.29. The van der Waals surface area contributed by atoms with Gasteiger partial charge in [-0.25, -0.2) is 0 Å². The third-order valence-corrected chi connectivity index (χ3v) is 2.53. The van der Waals surface area contributed by atoms with Crippen LogP contribution in [0.2, 0.25) is 19.6 Å². The molecule has 0 radical (unpaired) electrons. The minimum atomic E-state index is -1.39. The molecule has 0 saturated carbocycles. The molecule has 0 fully saturated rings. The first-order valence-electron chi connectivity index (χ1n) is 4.88. The maximum Gasteiger partial charge on any atom is 0.183 e. The highest BCUT2D eigenvalue weighted by Crippen LogP contribution is 2.01. The fourth-order valence-electron chi connectivity index (χ4n) is 0.961. The Balaban J connectivity index is 3.60. The number of carbonyl (C=O) groups is 1. The summed E-state index contributed by atoms with van der Waals surface area (Å²) in [6, 6.07) is 0. The van der Waals surface area contributed by atoms with E-state index in [0.717, 1.165) is 12.2 Å². The molecule has 0 saturated heterocycles. The van der Waals surface area contributed by atoms with E-state index in [2.05, 4.69) is 25.0 Å². The Morgan fingerprint density at radius 2 is 1.93 bits per heavy atom. The molecule has 3 nitrogen and oxygen atoms in total. The summed E-state index contributed by atoms with van der Waals surface area (Å²) in [4.78, 5) is 10.7. The molecule has 0 unspecified atom stereocenters. The molecule has 0 spiro atoms. The van der Waals surface area contributed by atoms with Gasteiger partial charge in [0.25, 0.3) is 0 Å². The molecule has 0 aromatic rings. The van der Waals surface area contributed by atoms with Crippen LogP contribution in [-0.4, -0.2) is 27.3 Å². The second-order valence-corrected chi connectivity index (χ2v) is 8.84. The molecule has 4 heteroatoms. The van der Waals surface area contributed by atoms with Gasteiger partial charge in [-0.3, -0.25) is 4.79 Å². The van der Waals surface area contributed by atoms with Crippen molar-refractivity contribution in [3.63, 3.8) is 0 Å². The number of hydrogen-bond donors (Lipinski definition) is 1. The summed E-state index contributed by atoms with van der Waals surface area (Å²) in [5.41, 5.74) is 0.900. The van der Waals surface area contributed by atoms with Crippen LogP contribution in [-0.2, 0) is 9.22 Å². The lowest BCUT2D eigenvalue weighted by atomic mass is 10.3. The number of nitrogens with one attached hydrogen (secondary N) is 1. The summed E-state index contributed by atoms with van der Waals surface area (Å²) in [7, 11) is -1.39. The summed E-state index contributed by atoms with van der Waals surface area (Å²) in [6.45, 7) is 11.4. The van der Waals surface area contributed by atoms with Crippen molar-refractivity contribution in [1.29, 1.82) is 0 Å². The zero-order valence-corrected chi connectivity index (χ0v) is 10.8. The van der Waals surface area contributed by atoms with E-state index in [1.54, 1.807) is 13.0 Å². The van der Waals surface area contributed by atoms with Gasteiger partial charge in [0.1, 0.15) is 0 Å². The molecule has 0 aliphatic rings. The molecule has 1 N–H and O–H groups in total. The predicted molar refractivity (Wildman–Crippen MR) is 61.7 cm³/mol. The Morgan fingerprint density at radius 3 is 2.36 bits per heavy atom. The van der Waals surface area contributed by atoms with Gasteiger partial charge in [0.15, 0.2) is 14.1 Å². The topological polar surface area (TPSA) is 38.3 Å². The number of hydrogen-bond acceptors (Lipinski definition) is 3. The fourth-order valence-corrected chi connectivity index (χ4v) is 1.68. The second kappa shape index (κ2) is 5.98. The van der Waals surface area contributed by atoms with Crippen molar-refractivity contribution in [3.05, 3.63) is 11.8 Å². The molecule has 82 valence electrons. The van der Waals surface area contributed by atoms with Crippen LogP contribution in [0, 0.1) is 0 Å². The van der Waals surface area contributed by atoms with Crippen molar-refractivity contribution in [2.45, 2.75) is 33.5 Å². The maximum atomic E-state index is 10.7. The highest BCUT2D eigenvalue weighted by Gasteiger charge is 2.12. The van der Waals surface area contributed by atoms with Gasteiger partial charge in [0.05, 0.1) is 6.61 Å². The van der Waals surface area contributed by atoms with Gasteiger partial charge < -0.3 is 9.74 Å². The second-order valence-electron chi connectivity index (χ2n) is 4.33. The number of ketones is 1. The standard InChI is InChI=1S/C10H21NO2Si/c1-9(8-10(2)12)11-6-7-13-14(3,4)5/h8,11H,6-7H2,1-5H3/b9-8+. The van der Waals surface area contributed by atoms with Gasteiger partial charge in [0, 0.05) is 12.2 Å². The average molecular weight is 215 g/mol. The quantitative estimate of drug-likeness (QED) is 0.418. The van der Waals surface area contributed by atoms with E-state index in [0.29, 0.717) is 6.61 Å². The molecule has 0 aromatic heterocycles. The number of rotatable bonds is 6. The van der Waals surface area contributed by atoms with Crippen molar-refractivity contribution in [2.24, 2.45) is 0 Å². The van der Waals surface area contributed by atoms with Gasteiger partial charge in [-0.1, -0.05) is 0 Å². The van der Waals surface area contributed by atoms with E-state index in [9.17, 15) is 4.79 Å². The minimum absolute atomic E-state index is 0.0705. The molecule has 0 atom stereocenters. The zero-order valence-electron chi connectivity index (χ0n) is 9.81. The molecule has 0 aliphatic heterocycles. The predicted octanol–water partition coefficient (Wildman–Crippen LogP) is 1.92. The van der Waals surface area contributed by atoms with Gasteiger partial charge in [-0.05, 0) is 39.6 Å². The Kier molecular flexibility index (Phi) is 5.72. The highest BCUT2D eigenvalue weighted by atomic mass is 28.4. The van der Waals surface area contributed by atoms with Gasteiger partial charge in [-0.2, -0.15) is 0 Å². The van der Waals surface area contributed by atoms with E-state index in [4.69, 9.17) is 4.43 Å². The van der Waals surface area contributed by atoms with Crippen LogP contribution in [0.3, 0.4) is 0 Å².